The third-order valence-electron chi connectivity index (χ3n) is 8.49. The zero-order valence-electron chi connectivity index (χ0n) is 30.2. The van der Waals surface area contributed by atoms with Crippen LogP contribution in [0.2, 0.25) is 10.6 Å². The molecule has 17 heteroatoms. The monoisotopic (exact) mass is 840 g/mol. The number of anilines is 2. The Morgan fingerprint density at radius 2 is 1.18 bits per heavy atom. The highest BCUT2D eigenvalue weighted by Crippen LogP contribution is 2.35. The lowest BCUT2D eigenvalue weighted by molar-refractivity contribution is 0.0786. The normalized spacial score (nSPS) is 14.2. The van der Waals surface area contributed by atoms with E-state index in [0.29, 0.717) is 36.2 Å². The van der Waals surface area contributed by atoms with Gasteiger partial charge < -0.3 is 29.5 Å². The first-order valence-electron chi connectivity index (χ1n) is 17.5. The van der Waals surface area contributed by atoms with Crippen LogP contribution in [0.3, 0.4) is 0 Å². The van der Waals surface area contributed by atoms with Crippen molar-refractivity contribution in [2.75, 3.05) is 76.5 Å². The Bertz CT molecular complexity index is 2200. The van der Waals surface area contributed by atoms with Crippen LogP contribution in [0.5, 0.6) is 0 Å². The number of morpholine rings is 2. The molecule has 2 aliphatic heterocycles. The number of halogens is 3. The van der Waals surface area contributed by atoms with E-state index in [1.165, 1.54) is 4.88 Å². The molecule has 288 valence electrons. The number of hydrogen-bond donors (Lipinski definition) is 1. The van der Waals surface area contributed by atoms with Crippen molar-refractivity contribution < 1.29 is 19.1 Å². The first-order chi connectivity index (χ1) is 26.7. The third-order valence-corrected chi connectivity index (χ3v) is 11.3. The number of amides is 1. The Balaban J connectivity index is 0.000000159. The van der Waals surface area contributed by atoms with Gasteiger partial charge in [0.15, 0.2) is 11.6 Å². The Morgan fingerprint density at radius 1 is 0.727 bits per heavy atom. The Hall–Kier alpha value is -3.99. The fourth-order valence-corrected chi connectivity index (χ4v) is 8.63. The van der Waals surface area contributed by atoms with Gasteiger partial charge in [0.25, 0.3) is 11.1 Å². The van der Waals surface area contributed by atoms with Gasteiger partial charge in [-0.05, 0) is 66.1 Å². The molecule has 0 bridgehead atoms. The Kier molecular flexibility index (Phi) is 14.6. The second-order valence-electron chi connectivity index (χ2n) is 12.4. The standard InChI is InChI=1S/C19H19ClN4O2S.C12H15ClN4OS.C7H5ClO/c1-23(18(25)13-5-3-2-4-6-13)12-14-11-15-16(27-14)17(22-19(20)21-15)24-7-9-26-10-8-24;1-14-7-8-6-9-10(19-8)11(16-12(13)15-9)17-2-4-18-5-3-17;8-7(9)6-4-2-1-3-5-6/h2-6,11H,7-10,12H2,1H3;6,14H,2-5,7H2,1H3;1-5H. The van der Waals surface area contributed by atoms with Gasteiger partial charge in [-0.3, -0.25) is 9.59 Å². The summed E-state index contributed by atoms with van der Waals surface area (Å²) in [6.07, 6.45) is 0. The molecule has 4 aromatic heterocycles. The van der Waals surface area contributed by atoms with Gasteiger partial charge in [0.2, 0.25) is 10.6 Å². The van der Waals surface area contributed by atoms with Crippen molar-refractivity contribution in [1.82, 2.24) is 30.2 Å². The summed E-state index contributed by atoms with van der Waals surface area (Å²) in [5.41, 5.74) is 2.96. The molecule has 0 unspecified atom stereocenters. The largest absolute Gasteiger partial charge is 0.378 e. The van der Waals surface area contributed by atoms with Crippen LogP contribution >= 0.6 is 57.5 Å². The molecule has 12 nitrogen and oxygen atoms in total. The lowest BCUT2D eigenvalue weighted by Crippen LogP contribution is -2.36. The summed E-state index contributed by atoms with van der Waals surface area (Å²) in [4.78, 5) is 48.9. The first-order valence-corrected chi connectivity index (χ1v) is 20.2. The van der Waals surface area contributed by atoms with Crippen molar-refractivity contribution in [3.63, 3.8) is 0 Å². The average Bonchev–Trinajstić information content (AvgIpc) is 3.81. The van der Waals surface area contributed by atoms with Crippen molar-refractivity contribution in [1.29, 1.82) is 0 Å². The van der Waals surface area contributed by atoms with Crippen LogP contribution in [0.15, 0.2) is 72.8 Å². The minimum atomic E-state index is -0.407. The van der Waals surface area contributed by atoms with E-state index in [2.05, 4.69) is 41.1 Å². The van der Waals surface area contributed by atoms with E-state index < -0.39 is 5.24 Å². The van der Waals surface area contributed by atoms with Crippen molar-refractivity contribution in [3.05, 3.63) is 104 Å². The van der Waals surface area contributed by atoms with Gasteiger partial charge in [-0.2, -0.15) is 9.97 Å². The van der Waals surface area contributed by atoms with E-state index in [0.717, 1.165) is 82.9 Å². The van der Waals surface area contributed by atoms with E-state index in [-0.39, 0.29) is 11.2 Å². The van der Waals surface area contributed by atoms with Crippen molar-refractivity contribution in [3.8, 4) is 0 Å². The molecule has 2 aliphatic rings. The van der Waals surface area contributed by atoms with Crippen LogP contribution in [0.1, 0.15) is 30.5 Å². The SMILES string of the molecule is CN(Cc1cc2nc(Cl)nc(N3CCOCC3)c2s1)C(=O)c1ccccc1.CNCc1cc2nc(Cl)nc(N3CCOCC3)c2s1.O=C(Cl)c1ccccc1. The molecule has 0 spiro atoms. The van der Waals surface area contributed by atoms with E-state index in [4.69, 9.17) is 44.3 Å². The van der Waals surface area contributed by atoms with Crippen LogP contribution < -0.4 is 15.1 Å². The average molecular weight is 842 g/mol. The summed E-state index contributed by atoms with van der Waals surface area (Å²) < 4.78 is 12.9. The second-order valence-corrected chi connectivity index (χ2v) is 15.7. The number of thiophene rings is 2. The van der Waals surface area contributed by atoms with Gasteiger partial charge in [0.1, 0.15) is 0 Å². The lowest BCUT2D eigenvalue weighted by atomic mass is 10.2. The highest BCUT2D eigenvalue weighted by molar-refractivity contribution is 7.20. The predicted molar refractivity (Wildman–Crippen MR) is 223 cm³/mol. The minimum absolute atomic E-state index is 0.00873. The molecule has 2 fully saturated rings. The lowest BCUT2D eigenvalue weighted by Gasteiger charge is -2.28. The van der Waals surface area contributed by atoms with Gasteiger partial charge in [0.05, 0.1) is 53.4 Å². The number of benzene rings is 2. The van der Waals surface area contributed by atoms with E-state index in [1.54, 1.807) is 58.9 Å². The maximum Gasteiger partial charge on any atom is 0.253 e. The van der Waals surface area contributed by atoms with Crippen LogP contribution in [0, 0.1) is 0 Å². The molecular weight excluding hydrogens is 803 g/mol. The first kappa shape index (κ1) is 40.7. The third kappa shape index (κ3) is 10.9. The van der Waals surface area contributed by atoms with E-state index in [1.807, 2.05) is 49.5 Å². The molecule has 0 aliphatic carbocycles. The maximum absolute atomic E-state index is 12.6. The number of nitrogens with zero attached hydrogens (tertiary/aromatic N) is 7. The molecule has 0 saturated carbocycles. The number of carbonyl (C=O) groups is 2. The Labute approximate surface area is 342 Å². The predicted octanol–water partition coefficient (Wildman–Crippen LogP) is 7.42. The highest BCUT2D eigenvalue weighted by Gasteiger charge is 2.21. The molecule has 0 atom stereocenters. The van der Waals surface area contributed by atoms with Crippen LogP contribution in [-0.4, -0.2) is 103 Å². The van der Waals surface area contributed by atoms with E-state index in [9.17, 15) is 9.59 Å². The molecule has 6 aromatic rings. The molecule has 1 N–H and O–H groups in total. The summed E-state index contributed by atoms with van der Waals surface area (Å²) in [5, 5.41) is 3.29. The molecule has 2 saturated heterocycles. The van der Waals surface area contributed by atoms with Gasteiger partial charge in [-0.25, -0.2) is 9.97 Å². The highest BCUT2D eigenvalue weighted by atomic mass is 35.5. The molecule has 1 amide bonds. The number of carbonyl (C=O) groups excluding carboxylic acids is 2. The molecular formula is C38H39Cl3N8O4S2. The minimum Gasteiger partial charge on any atom is -0.378 e. The number of ether oxygens (including phenoxy) is 2. The van der Waals surface area contributed by atoms with Gasteiger partial charge in [-0.1, -0.05) is 48.5 Å². The summed E-state index contributed by atoms with van der Waals surface area (Å²) in [5.74, 6) is 1.78. The smallest absolute Gasteiger partial charge is 0.253 e. The van der Waals surface area contributed by atoms with Crippen LogP contribution in [0.4, 0.5) is 11.6 Å². The van der Waals surface area contributed by atoms with Gasteiger partial charge in [0, 0.05) is 60.7 Å². The molecule has 0 radical (unpaired) electrons. The molecule has 2 aromatic carbocycles. The second kappa shape index (κ2) is 19.7. The zero-order chi connectivity index (χ0) is 38.7. The fraction of sp³-hybridized carbons (Fsp3) is 0.316. The molecule has 8 rings (SSSR count). The van der Waals surface area contributed by atoms with Gasteiger partial charge in [-0.15, -0.1) is 22.7 Å². The topological polar surface area (TPSA) is 126 Å². The van der Waals surface area contributed by atoms with Crippen molar-refractivity contribution in [2.45, 2.75) is 13.1 Å². The quantitative estimate of drug-likeness (QED) is 0.122. The number of rotatable bonds is 8. The van der Waals surface area contributed by atoms with Gasteiger partial charge >= 0.3 is 0 Å². The zero-order valence-corrected chi connectivity index (χ0v) is 34.1. The molecule has 55 heavy (non-hydrogen) atoms. The summed E-state index contributed by atoms with van der Waals surface area (Å²) in [6.45, 7) is 7.42. The maximum atomic E-state index is 12.6. The van der Waals surface area contributed by atoms with Crippen molar-refractivity contribution in [2.24, 2.45) is 0 Å². The Morgan fingerprint density at radius 3 is 1.64 bits per heavy atom. The van der Waals surface area contributed by atoms with Crippen molar-refractivity contribution >= 4 is 101 Å². The summed E-state index contributed by atoms with van der Waals surface area (Å²) in [7, 11) is 3.74. The number of nitrogens with one attached hydrogen (secondary N) is 1. The summed E-state index contributed by atoms with van der Waals surface area (Å²) >= 11 is 20.7. The number of hydrogen-bond acceptors (Lipinski definition) is 13. The van der Waals surface area contributed by atoms with E-state index >= 15 is 0 Å². The fourth-order valence-electron chi connectivity index (χ4n) is 5.87. The summed E-state index contributed by atoms with van der Waals surface area (Å²) in [6, 6.07) is 22.1. The van der Waals surface area contributed by atoms with Crippen LogP contribution in [-0.2, 0) is 22.6 Å². The number of aromatic nitrogens is 4. The number of fused-ring (bicyclic) bond motifs is 2. The van der Waals surface area contributed by atoms with Crippen LogP contribution in [0.25, 0.3) is 20.4 Å². The molecule has 6 heterocycles.